The molecule has 0 fully saturated rings. The first-order chi connectivity index (χ1) is 13.8. The fourth-order valence-electron chi connectivity index (χ4n) is 3.67. The number of fused-ring (bicyclic) bond motifs is 2. The summed E-state index contributed by atoms with van der Waals surface area (Å²) >= 11 is 0. The predicted octanol–water partition coefficient (Wildman–Crippen LogP) is 4.77. The first-order valence-electron chi connectivity index (χ1n) is 9.74. The summed E-state index contributed by atoms with van der Waals surface area (Å²) in [7, 11) is 0. The fraction of sp³-hybridized carbons (Fsp3) is 0.304. The third-order valence-electron chi connectivity index (χ3n) is 5.21. The van der Waals surface area contributed by atoms with Gasteiger partial charge in [-0.25, -0.2) is 0 Å². The van der Waals surface area contributed by atoms with Crippen LogP contribution in [0.5, 0.6) is 5.75 Å². The first kappa shape index (κ1) is 19.1. The molecule has 1 atom stereocenters. The van der Waals surface area contributed by atoms with Crippen LogP contribution in [-0.4, -0.2) is 17.9 Å². The Balaban J connectivity index is 1.53. The SMILES string of the molecule is Cc1cc2occ(CC(=O)Nc3ccc4c(c3)NC(=O)C(C)O4)c2cc1C(C)C. The number of carbonyl (C=O) groups excluding carboxylic acids is 2. The van der Waals surface area contributed by atoms with Gasteiger partial charge in [-0.3, -0.25) is 9.59 Å². The molecule has 2 heterocycles. The highest BCUT2D eigenvalue weighted by molar-refractivity contribution is 6.00. The maximum absolute atomic E-state index is 12.6. The summed E-state index contributed by atoms with van der Waals surface area (Å²) in [4.78, 5) is 24.4. The highest BCUT2D eigenvalue weighted by Crippen LogP contribution is 2.33. The van der Waals surface area contributed by atoms with Crippen molar-refractivity contribution in [2.75, 3.05) is 10.6 Å². The summed E-state index contributed by atoms with van der Waals surface area (Å²) in [6.45, 7) is 8.07. The summed E-state index contributed by atoms with van der Waals surface area (Å²) < 4.78 is 11.2. The lowest BCUT2D eigenvalue weighted by Gasteiger charge is -2.23. The van der Waals surface area contributed by atoms with Crippen molar-refractivity contribution in [3.8, 4) is 5.75 Å². The molecule has 2 aromatic carbocycles. The Bertz CT molecular complexity index is 1110. The van der Waals surface area contributed by atoms with E-state index >= 15 is 0 Å². The van der Waals surface area contributed by atoms with Crippen LogP contribution in [-0.2, 0) is 16.0 Å². The molecule has 1 unspecified atom stereocenters. The third kappa shape index (κ3) is 3.70. The summed E-state index contributed by atoms with van der Waals surface area (Å²) in [5.41, 5.74) is 5.22. The summed E-state index contributed by atoms with van der Waals surface area (Å²) in [5.74, 6) is 0.622. The first-order valence-corrected chi connectivity index (χ1v) is 9.74. The zero-order chi connectivity index (χ0) is 20.7. The Morgan fingerprint density at radius 3 is 2.79 bits per heavy atom. The van der Waals surface area contributed by atoms with Crippen LogP contribution in [0.3, 0.4) is 0 Å². The monoisotopic (exact) mass is 392 g/mol. The van der Waals surface area contributed by atoms with E-state index in [-0.39, 0.29) is 18.2 Å². The Morgan fingerprint density at radius 1 is 1.24 bits per heavy atom. The van der Waals surface area contributed by atoms with Crippen molar-refractivity contribution in [2.45, 2.75) is 46.1 Å². The second-order valence-corrected chi connectivity index (χ2v) is 7.81. The molecule has 1 aromatic heterocycles. The lowest BCUT2D eigenvalue weighted by atomic mass is 9.95. The zero-order valence-electron chi connectivity index (χ0n) is 17.0. The maximum atomic E-state index is 12.6. The molecule has 2 N–H and O–H groups in total. The molecule has 6 heteroatoms. The Kier molecular flexibility index (Phi) is 4.78. The molecular formula is C23H24N2O4. The Morgan fingerprint density at radius 2 is 2.03 bits per heavy atom. The number of furan rings is 1. The van der Waals surface area contributed by atoms with Crippen LogP contribution in [0.25, 0.3) is 11.0 Å². The van der Waals surface area contributed by atoms with Gasteiger partial charge in [0.1, 0.15) is 11.3 Å². The van der Waals surface area contributed by atoms with Crippen molar-refractivity contribution in [2.24, 2.45) is 0 Å². The van der Waals surface area contributed by atoms with Crippen LogP contribution in [0.4, 0.5) is 11.4 Å². The van der Waals surface area contributed by atoms with Crippen molar-refractivity contribution < 1.29 is 18.7 Å². The molecular weight excluding hydrogens is 368 g/mol. The van der Waals surface area contributed by atoms with Gasteiger partial charge in [0.25, 0.3) is 5.91 Å². The number of carbonyl (C=O) groups is 2. The molecule has 150 valence electrons. The minimum absolute atomic E-state index is 0.157. The topological polar surface area (TPSA) is 80.6 Å². The number of hydrogen-bond donors (Lipinski definition) is 2. The molecule has 2 amide bonds. The molecule has 0 aliphatic carbocycles. The van der Waals surface area contributed by atoms with Crippen LogP contribution in [0, 0.1) is 6.92 Å². The molecule has 29 heavy (non-hydrogen) atoms. The average Bonchev–Trinajstić information content (AvgIpc) is 3.03. The number of aryl methyl sites for hydroxylation is 1. The number of nitrogens with one attached hydrogen (secondary N) is 2. The predicted molar refractivity (Wildman–Crippen MR) is 113 cm³/mol. The standard InChI is InChI=1S/C23H24N2O4/c1-12(2)17-10-18-15(11-28-21(18)7-13(17)3)8-22(26)24-16-5-6-20-19(9-16)25-23(27)14(4)29-20/h5-7,9-12,14H,8H2,1-4H3,(H,24,26)(H,25,27). The van der Waals surface area contributed by atoms with E-state index in [1.807, 2.05) is 6.07 Å². The van der Waals surface area contributed by atoms with Gasteiger partial charge in [-0.2, -0.15) is 0 Å². The van der Waals surface area contributed by atoms with Gasteiger partial charge >= 0.3 is 0 Å². The van der Waals surface area contributed by atoms with Crippen molar-refractivity contribution in [1.82, 2.24) is 0 Å². The van der Waals surface area contributed by atoms with Crippen molar-refractivity contribution in [1.29, 1.82) is 0 Å². The van der Waals surface area contributed by atoms with Crippen molar-refractivity contribution in [3.05, 3.63) is 53.3 Å². The molecule has 0 spiro atoms. The van der Waals surface area contributed by atoms with Gasteiger partial charge in [0.2, 0.25) is 5.91 Å². The van der Waals surface area contributed by atoms with E-state index in [9.17, 15) is 9.59 Å². The van der Waals surface area contributed by atoms with E-state index < -0.39 is 6.10 Å². The van der Waals surface area contributed by atoms with Crippen LogP contribution in [0.15, 0.2) is 41.0 Å². The molecule has 0 saturated heterocycles. The molecule has 3 aromatic rings. The minimum Gasteiger partial charge on any atom is -0.479 e. The summed E-state index contributed by atoms with van der Waals surface area (Å²) in [5, 5.41) is 6.63. The highest BCUT2D eigenvalue weighted by atomic mass is 16.5. The van der Waals surface area contributed by atoms with Gasteiger partial charge in [-0.05, 0) is 61.2 Å². The normalized spacial score (nSPS) is 15.8. The van der Waals surface area contributed by atoms with Gasteiger partial charge in [-0.1, -0.05) is 13.8 Å². The number of rotatable bonds is 4. The number of benzene rings is 2. The van der Waals surface area contributed by atoms with E-state index in [4.69, 9.17) is 9.15 Å². The van der Waals surface area contributed by atoms with Gasteiger partial charge in [0.15, 0.2) is 6.10 Å². The van der Waals surface area contributed by atoms with Gasteiger partial charge in [0.05, 0.1) is 18.4 Å². The van der Waals surface area contributed by atoms with Crippen molar-refractivity contribution >= 4 is 34.2 Å². The molecule has 0 radical (unpaired) electrons. The Hall–Kier alpha value is -3.28. The smallest absolute Gasteiger partial charge is 0.265 e. The third-order valence-corrected chi connectivity index (χ3v) is 5.21. The van der Waals surface area contributed by atoms with Crippen LogP contribution in [0.1, 0.15) is 43.4 Å². The molecule has 1 aliphatic rings. The lowest BCUT2D eigenvalue weighted by molar-refractivity contribution is -0.122. The van der Waals surface area contributed by atoms with Crippen molar-refractivity contribution in [3.63, 3.8) is 0 Å². The molecule has 1 aliphatic heterocycles. The highest BCUT2D eigenvalue weighted by Gasteiger charge is 2.23. The van der Waals surface area contributed by atoms with Crippen LogP contribution < -0.4 is 15.4 Å². The van der Waals surface area contributed by atoms with Crippen LogP contribution >= 0.6 is 0 Å². The van der Waals surface area contributed by atoms with Gasteiger partial charge in [-0.15, -0.1) is 0 Å². The van der Waals surface area contributed by atoms with E-state index in [0.717, 1.165) is 16.5 Å². The number of anilines is 2. The summed E-state index contributed by atoms with van der Waals surface area (Å²) in [6.07, 6.45) is 1.32. The quantitative estimate of drug-likeness (QED) is 0.670. The molecule has 0 bridgehead atoms. The van der Waals surface area contributed by atoms with Gasteiger partial charge < -0.3 is 19.8 Å². The fourth-order valence-corrected chi connectivity index (χ4v) is 3.67. The largest absolute Gasteiger partial charge is 0.479 e. The lowest BCUT2D eigenvalue weighted by Crippen LogP contribution is -2.34. The second-order valence-electron chi connectivity index (χ2n) is 7.81. The number of ether oxygens (including phenoxy) is 1. The average molecular weight is 392 g/mol. The summed E-state index contributed by atoms with van der Waals surface area (Å²) in [6, 6.07) is 9.35. The van der Waals surface area contributed by atoms with E-state index in [2.05, 4.69) is 37.5 Å². The van der Waals surface area contributed by atoms with E-state index in [1.54, 1.807) is 31.4 Å². The number of hydrogen-bond acceptors (Lipinski definition) is 4. The van der Waals surface area contributed by atoms with Gasteiger partial charge in [0, 0.05) is 16.6 Å². The molecule has 0 saturated carbocycles. The van der Waals surface area contributed by atoms with E-state index in [0.29, 0.717) is 23.0 Å². The van der Waals surface area contributed by atoms with E-state index in [1.165, 1.54) is 11.1 Å². The second kappa shape index (κ2) is 7.28. The zero-order valence-corrected chi connectivity index (χ0v) is 17.0. The Labute approximate surface area is 169 Å². The van der Waals surface area contributed by atoms with Crippen LogP contribution in [0.2, 0.25) is 0 Å². The molecule has 4 rings (SSSR count). The number of amides is 2. The minimum atomic E-state index is -0.531. The molecule has 6 nitrogen and oxygen atoms in total. The maximum Gasteiger partial charge on any atom is 0.265 e.